The summed E-state index contributed by atoms with van der Waals surface area (Å²) in [5.41, 5.74) is 8.75. The normalized spacial score (nSPS) is 10.9. The zero-order valence-electron chi connectivity index (χ0n) is 10.7. The van der Waals surface area contributed by atoms with Crippen LogP contribution < -0.4 is 11.2 Å². The van der Waals surface area contributed by atoms with Crippen molar-refractivity contribution in [1.82, 2.24) is 4.98 Å². The minimum absolute atomic E-state index is 0.0670. The van der Waals surface area contributed by atoms with E-state index in [2.05, 4.69) is 4.98 Å². The molecule has 0 radical (unpaired) electrons. The van der Waals surface area contributed by atoms with Crippen molar-refractivity contribution >= 4 is 22.5 Å². The molecule has 0 spiro atoms. The van der Waals surface area contributed by atoms with Gasteiger partial charge in [0.1, 0.15) is 0 Å². The topological polar surface area (TPSA) is 58.9 Å². The maximum Gasteiger partial charge on any atom is 0.194 e. The molecule has 0 unspecified atom stereocenters. The molecule has 0 atom stereocenters. The van der Waals surface area contributed by atoms with Crippen molar-refractivity contribution < 1.29 is 0 Å². The third-order valence-corrected chi connectivity index (χ3v) is 3.56. The Morgan fingerprint density at radius 1 is 1.10 bits per heavy atom. The number of rotatable bonds is 2. The molecule has 2 aromatic carbocycles. The molecule has 0 aliphatic rings. The number of halogens is 1. The molecule has 0 aliphatic carbocycles. The largest absolute Gasteiger partial charge is 0.354 e. The van der Waals surface area contributed by atoms with Gasteiger partial charge >= 0.3 is 0 Å². The highest BCUT2D eigenvalue weighted by molar-refractivity contribution is 6.31. The summed E-state index contributed by atoms with van der Waals surface area (Å²) < 4.78 is 0. The molecule has 0 saturated carbocycles. The van der Waals surface area contributed by atoms with Gasteiger partial charge in [-0.3, -0.25) is 4.79 Å². The standard InChI is InChI=1S/C16H13ClN2O/c17-11-6-7-14-12(8-11)16(20)13(9-18)15(19-14)10-4-2-1-3-5-10/h1-8H,9,18H2,(H,19,20). The van der Waals surface area contributed by atoms with Crippen molar-refractivity contribution in [2.75, 3.05) is 0 Å². The zero-order valence-corrected chi connectivity index (χ0v) is 11.4. The predicted octanol–water partition coefficient (Wildman–Crippen LogP) is 3.31. The molecule has 0 fully saturated rings. The Hall–Kier alpha value is -2.10. The fourth-order valence-electron chi connectivity index (χ4n) is 2.35. The summed E-state index contributed by atoms with van der Waals surface area (Å²) in [6.45, 7) is 0.183. The molecule has 0 saturated heterocycles. The quantitative estimate of drug-likeness (QED) is 0.758. The molecular formula is C16H13ClN2O. The van der Waals surface area contributed by atoms with Crippen LogP contribution in [-0.4, -0.2) is 4.98 Å². The SMILES string of the molecule is NCc1c(-c2ccccc2)[nH]c2ccc(Cl)cc2c1=O. The van der Waals surface area contributed by atoms with Gasteiger partial charge in [-0.1, -0.05) is 41.9 Å². The molecule has 3 N–H and O–H groups in total. The van der Waals surface area contributed by atoms with Crippen LogP contribution in [0.2, 0.25) is 5.02 Å². The van der Waals surface area contributed by atoms with Gasteiger partial charge in [0.15, 0.2) is 5.43 Å². The number of fused-ring (bicyclic) bond motifs is 1. The number of benzene rings is 2. The first kappa shape index (κ1) is 12.9. The second-order valence-corrected chi connectivity index (χ2v) is 5.00. The monoisotopic (exact) mass is 284 g/mol. The third kappa shape index (κ3) is 2.11. The van der Waals surface area contributed by atoms with E-state index in [0.29, 0.717) is 16.0 Å². The highest BCUT2D eigenvalue weighted by atomic mass is 35.5. The van der Waals surface area contributed by atoms with Crippen molar-refractivity contribution in [2.24, 2.45) is 5.73 Å². The molecule has 3 aromatic rings. The Labute approximate surface area is 121 Å². The molecule has 4 heteroatoms. The lowest BCUT2D eigenvalue weighted by Gasteiger charge is -2.10. The summed E-state index contributed by atoms with van der Waals surface area (Å²) >= 11 is 5.96. The average molecular weight is 285 g/mol. The van der Waals surface area contributed by atoms with Crippen molar-refractivity contribution in [3.8, 4) is 11.3 Å². The van der Waals surface area contributed by atoms with Crippen LogP contribution in [0.5, 0.6) is 0 Å². The van der Waals surface area contributed by atoms with E-state index < -0.39 is 0 Å². The first-order valence-corrected chi connectivity index (χ1v) is 6.68. The van der Waals surface area contributed by atoms with E-state index in [1.54, 1.807) is 12.1 Å². The Kier molecular flexibility index (Phi) is 3.30. The van der Waals surface area contributed by atoms with E-state index in [1.165, 1.54) is 0 Å². The molecule has 3 rings (SSSR count). The van der Waals surface area contributed by atoms with Crippen LogP contribution in [-0.2, 0) is 6.54 Å². The molecular weight excluding hydrogens is 272 g/mol. The number of hydrogen-bond acceptors (Lipinski definition) is 2. The molecule has 1 heterocycles. The van der Waals surface area contributed by atoms with E-state index in [9.17, 15) is 4.79 Å². The van der Waals surface area contributed by atoms with Crippen molar-refractivity contribution in [3.05, 3.63) is 69.3 Å². The maximum atomic E-state index is 12.5. The molecule has 0 aliphatic heterocycles. The van der Waals surface area contributed by atoms with E-state index >= 15 is 0 Å². The highest BCUT2D eigenvalue weighted by Crippen LogP contribution is 2.23. The van der Waals surface area contributed by atoms with Gasteiger partial charge in [0, 0.05) is 28.0 Å². The lowest BCUT2D eigenvalue weighted by molar-refractivity contribution is 1.05. The molecule has 3 nitrogen and oxygen atoms in total. The van der Waals surface area contributed by atoms with E-state index in [4.69, 9.17) is 17.3 Å². The number of aromatic amines is 1. The zero-order chi connectivity index (χ0) is 14.1. The summed E-state index contributed by atoms with van der Waals surface area (Å²) in [5.74, 6) is 0. The summed E-state index contributed by atoms with van der Waals surface area (Å²) in [7, 11) is 0. The highest BCUT2D eigenvalue weighted by Gasteiger charge is 2.12. The molecule has 20 heavy (non-hydrogen) atoms. The Morgan fingerprint density at radius 3 is 2.55 bits per heavy atom. The second-order valence-electron chi connectivity index (χ2n) is 4.57. The van der Waals surface area contributed by atoms with Crippen LogP contribution in [0.3, 0.4) is 0 Å². The van der Waals surface area contributed by atoms with Crippen molar-refractivity contribution in [1.29, 1.82) is 0 Å². The Morgan fingerprint density at radius 2 is 1.85 bits per heavy atom. The molecule has 0 amide bonds. The number of nitrogens with two attached hydrogens (primary N) is 1. The number of H-pyrrole nitrogens is 1. The molecule has 100 valence electrons. The maximum absolute atomic E-state index is 12.5. The van der Waals surface area contributed by atoms with Crippen molar-refractivity contribution in [3.63, 3.8) is 0 Å². The Balaban J connectivity index is 2.39. The van der Waals surface area contributed by atoms with Gasteiger partial charge < -0.3 is 10.7 Å². The van der Waals surface area contributed by atoms with Gasteiger partial charge in [0.05, 0.1) is 5.69 Å². The van der Waals surface area contributed by atoms with Crippen molar-refractivity contribution in [2.45, 2.75) is 6.54 Å². The van der Waals surface area contributed by atoms with Gasteiger partial charge in [-0.2, -0.15) is 0 Å². The summed E-state index contributed by atoms with van der Waals surface area (Å²) in [4.78, 5) is 15.8. The minimum Gasteiger partial charge on any atom is -0.354 e. The minimum atomic E-state index is -0.0670. The first-order chi connectivity index (χ1) is 9.70. The first-order valence-electron chi connectivity index (χ1n) is 6.30. The number of aromatic nitrogens is 1. The summed E-state index contributed by atoms with van der Waals surface area (Å²) in [6, 6.07) is 14.9. The Bertz CT molecular complexity index is 825. The predicted molar refractivity (Wildman–Crippen MR) is 82.9 cm³/mol. The van der Waals surface area contributed by atoms with Crippen LogP contribution in [0.25, 0.3) is 22.2 Å². The average Bonchev–Trinajstić information content (AvgIpc) is 2.48. The number of pyridine rings is 1. The van der Waals surface area contributed by atoms with E-state index in [-0.39, 0.29) is 12.0 Å². The summed E-state index contributed by atoms with van der Waals surface area (Å²) in [6.07, 6.45) is 0. The van der Waals surface area contributed by atoms with Crippen LogP contribution >= 0.6 is 11.6 Å². The fourth-order valence-corrected chi connectivity index (χ4v) is 2.52. The van der Waals surface area contributed by atoms with Gasteiger partial charge in [-0.15, -0.1) is 0 Å². The van der Waals surface area contributed by atoms with Gasteiger partial charge in [-0.25, -0.2) is 0 Å². The van der Waals surface area contributed by atoms with Crippen LogP contribution in [0, 0.1) is 0 Å². The van der Waals surface area contributed by atoms with Gasteiger partial charge in [0.2, 0.25) is 0 Å². The molecule has 1 aromatic heterocycles. The lowest BCUT2D eigenvalue weighted by Crippen LogP contribution is -2.16. The summed E-state index contributed by atoms with van der Waals surface area (Å²) in [5, 5.41) is 1.11. The third-order valence-electron chi connectivity index (χ3n) is 3.33. The molecule has 0 bridgehead atoms. The van der Waals surface area contributed by atoms with Crippen LogP contribution in [0.15, 0.2) is 53.3 Å². The second kappa shape index (κ2) is 5.12. The fraction of sp³-hybridized carbons (Fsp3) is 0.0625. The van der Waals surface area contributed by atoms with Crippen LogP contribution in [0.4, 0.5) is 0 Å². The van der Waals surface area contributed by atoms with E-state index in [1.807, 2.05) is 36.4 Å². The van der Waals surface area contributed by atoms with Gasteiger partial charge in [-0.05, 0) is 23.8 Å². The van der Waals surface area contributed by atoms with Gasteiger partial charge in [0.25, 0.3) is 0 Å². The number of hydrogen-bond donors (Lipinski definition) is 2. The van der Waals surface area contributed by atoms with E-state index in [0.717, 1.165) is 16.8 Å². The smallest absolute Gasteiger partial charge is 0.194 e. The lowest BCUT2D eigenvalue weighted by atomic mass is 10.0. The van der Waals surface area contributed by atoms with Crippen LogP contribution in [0.1, 0.15) is 5.56 Å². The number of nitrogens with one attached hydrogen (secondary N) is 1.